The van der Waals surface area contributed by atoms with Crippen LogP contribution in [0.15, 0.2) is 54.6 Å². The molecule has 0 saturated carbocycles. The molecule has 33 heavy (non-hydrogen) atoms. The van der Waals surface area contributed by atoms with Crippen molar-refractivity contribution in [3.63, 3.8) is 0 Å². The van der Waals surface area contributed by atoms with Crippen molar-refractivity contribution in [3.8, 4) is 5.75 Å². The Morgan fingerprint density at radius 1 is 0.909 bits per heavy atom. The number of ether oxygens (including phenoxy) is 1. The number of nitrogens with one attached hydrogen (secondary N) is 2. The second-order valence-electron chi connectivity index (χ2n) is 9.31. The lowest BCUT2D eigenvalue weighted by Crippen LogP contribution is -2.46. The number of aliphatic hydroxyl groups is 1. The molecule has 3 rings (SSSR count). The van der Waals surface area contributed by atoms with E-state index in [2.05, 4.69) is 76.7 Å². The van der Waals surface area contributed by atoms with E-state index >= 15 is 0 Å². The number of hydrogen-bond donors (Lipinski definition) is 3. The van der Waals surface area contributed by atoms with Crippen molar-refractivity contribution in [2.45, 2.75) is 45.5 Å². The highest BCUT2D eigenvalue weighted by molar-refractivity contribution is 5.27. The average Bonchev–Trinajstić information content (AvgIpc) is 2.83. The van der Waals surface area contributed by atoms with Crippen LogP contribution in [0.5, 0.6) is 5.75 Å². The van der Waals surface area contributed by atoms with Crippen molar-refractivity contribution in [2.24, 2.45) is 0 Å². The quantitative estimate of drug-likeness (QED) is 0.382. The molecule has 0 aliphatic carbocycles. The predicted octanol–water partition coefficient (Wildman–Crippen LogP) is 2.72. The third-order valence-corrected chi connectivity index (χ3v) is 6.00. The maximum Gasteiger partial charge on any atom is 0.119 e. The molecule has 1 saturated heterocycles. The molecule has 1 aliphatic heterocycles. The standard InChI is InChI=1S/C27H42N4O2/c1-23(2)29-20-26(32)22-33-27-11-9-24(10-12-27)19-28-13-6-14-30-15-17-31(18-16-30)21-25-7-4-3-5-8-25/h3-5,7-12,23,26,28-29,32H,6,13-22H2,1-2H3. The van der Waals surface area contributed by atoms with Gasteiger partial charge >= 0.3 is 0 Å². The SMILES string of the molecule is CC(C)NCC(O)COc1ccc(CNCCCN2CCN(Cc3ccccc3)CC2)cc1. The van der Waals surface area contributed by atoms with E-state index in [-0.39, 0.29) is 0 Å². The van der Waals surface area contributed by atoms with Crippen LogP contribution in [-0.4, -0.2) is 79.5 Å². The molecule has 1 aliphatic rings. The third kappa shape index (κ3) is 10.2. The molecule has 6 nitrogen and oxygen atoms in total. The molecular weight excluding hydrogens is 412 g/mol. The van der Waals surface area contributed by atoms with Crippen LogP contribution in [0.25, 0.3) is 0 Å². The van der Waals surface area contributed by atoms with Crippen molar-refractivity contribution >= 4 is 0 Å². The van der Waals surface area contributed by atoms with E-state index in [1.165, 1.54) is 17.5 Å². The van der Waals surface area contributed by atoms with Gasteiger partial charge < -0.3 is 25.4 Å². The fourth-order valence-electron chi connectivity index (χ4n) is 4.00. The number of piperazine rings is 1. The summed E-state index contributed by atoms with van der Waals surface area (Å²) in [5, 5.41) is 16.7. The zero-order valence-corrected chi connectivity index (χ0v) is 20.4. The van der Waals surface area contributed by atoms with Gasteiger partial charge in [0.05, 0.1) is 0 Å². The molecule has 6 heteroatoms. The minimum Gasteiger partial charge on any atom is -0.491 e. The van der Waals surface area contributed by atoms with E-state index in [4.69, 9.17) is 4.74 Å². The second kappa shape index (κ2) is 14.3. The normalized spacial score (nSPS) is 16.2. The maximum absolute atomic E-state index is 9.94. The number of aliphatic hydroxyl groups excluding tert-OH is 1. The van der Waals surface area contributed by atoms with Crippen molar-refractivity contribution < 1.29 is 9.84 Å². The maximum atomic E-state index is 9.94. The number of benzene rings is 2. The van der Waals surface area contributed by atoms with Crippen molar-refractivity contribution in [1.29, 1.82) is 0 Å². The van der Waals surface area contributed by atoms with Crippen molar-refractivity contribution in [1.82, 2.24) is 20.4 Å². The monoisotopic (exact) mass is 454 g/mol. The number of rotatable bonds is 14. The van der Waals surface area contributed by atoms with E-state index < -0.39 is 6.10 Å². The molecular formula is C27H42N4O2. The summed E-state index contributed by atoms with van der Waals surface area (Å²) < 4.78 is 5.69. The molecule has 0 amide bonds. The van der Waals surface area contributed by atoms with E-state index in [0.29, 0.717) is 19.2 Å². The first-order chi connectivity index (χ1) is 16.1. The summed E-state index contributed by atoms with van der Waals surface area (Å²) in [4.78, 5) is 5.14. The van der Waals surface area contributed by atoms with E-state index in [1.54, 1.807) is 0 Å². The summed E-state index contributed by atoms with van der Waals surface area (Å²) in [6.45, 7) is 13.7. The topological polar surface area (TPSA) is 60.0 Å². The van der Waals surface area contributed by atoms with E-state index in [0.717, 1.165) is 58.1 Å². The Morgan fingerprint density at radius 2 is 1.61 bits per heavy atom. The Morgan fingerprint density at radius 3 is 2.30 bits per heavy atom. The third-order valence-electron chi connectivity index (χ3n) is 6.00. The molecule has 2 aromatic carbocycles. The van der Waals surface area contributed by atoms with Crippen LogP contribution in [0.3, 0.4) is 0 Å². The summed E-state index contributed by atoms with van der Waals surface area (Å²) in [5.74, 6) is 0.800. The van der Waals surface area contributed by atoms with Gasteiger partial charge in [-0.2, -0.15) is 0 Å². The molecule has 182 valence electrons. The molecule has 1 unspecified atom stereocenters. The predicted molar refractivity (Wildman–Crippen MR) is 136 cm³/mol. The number of nitrogens with zero attached hydrogens (tertiary/aromatic N) is 2. The molecule has 2 aromatic rings. The van der Waals surface area contributed by atoms with Gasteiger partial charge in [-0.3, -0.25) is 4.90 Å². The molecule has 0 bridgehead atoms. The minimum absolute atomic E-state index is 0.303. The highest BCUT2D eigenvalue weighted by Gasteiger charge is 2.16. The fraction of sp³-hybridized carbons (Fsp3) is 0.556. The van der Waals surface area contributed by atoms with E-state index in [1.807, 2.05) is 12.1 Å². The van der Waals surface area contributed by atoms with Crippen LogP contribution >= 0.6 is 0 Å². The lowest BCUT2D eigenvalue weighted by molar-refractivity contribution is 0.104. The van der Waals surface area contributed by atoms with Gasteiger partial charge in [-0.15, -0.1) is 0 Å². The van der Waals surface area contributed by atoms with Crippen molar-refractivity contribution in [3.05, 3.63) is 65.7 Å². The van der Waals surface area contributed by atoms with E-state index in [9.17, 15) is 5.11 Å². The lowest BCUT2D eigenvalue weighted by atomic mass is 10.2. The number of hydrogen-bond acceptors (Lipinski definition) is 6. The van der Waals surface area contributed by atoms with Gasteiger partial charge in [-0.25, -0.2) is 0 Å². The molecule has 1 atom stereocenters. The Hall–Kier alpha value is -1.96. The lowest BCUT2D eigenvalue weighted by Gasteiger charge is -2.34. The van der Waals surface area contributed by atoms with Gasteiger partial charge in [0, 0.05) is 51.9 Å². The Labute approximate surface area is 199 Å². The van der Waals surface area contributed by atoms with Gasteiger partial charge in [0.2, 0.25) is 0 Å². The summed E-state index contributed by atoms with van der Waals surface area (Å²) in [6, 6.07) is 19.3. The van der Waals surface area contributed by atoms with Crippen LogP contribution in [0, 0.1) is 0 Å². The minimum atomic E-state index is -0.499. The largest absolute Gasteiger partial charge is 0.491 e. The zero-order valence-electron chi connectivity index (χ0n) is 20.4. The van der Waals surface area contributed by atoms with Crippen LogP contribution in [-0.2, 0) is 13.1 Å². The molecule has 0 radical (unpaired) electrons. The van der Waals surface area contributed by atoms with Gasteiger partial charge in [-0.1, -0.05) is 56.3 Å². The first-order valence-electron chi connectivity index (χ1n) is 12.4. The van der Waals surface area contributed by atoms with Gasteiger partial charge in [0.1, 0.15) is 18.5 Å². The van der Waals surface area contributed by atoms with Crippen LogP contribution in [0.4, 0.5) is 0 Å². The molecule has 1 fully saturated rings. The molecule has 0 spiro atoms. The molecule has 0 aromatic heterocycles. The van der Waals surface area contributed by atoms with Gasteiger partial charge in [-0.05, 0) is 42.8 Å². The Bertz CT molecular complexity index is 761. The second-order valence-corrected chi connectivity index (χ2v) is 9.31. The summed E-state index contributed by atoms with van der Waals surface area (Å²) in [7, 11) is 0. The van der Waals surface area contributed by atoms with Gasteiger partial charge in [0.15, 0.2) is 0 Å². The van der Waals surface area contributed by atoms with Gasteiger partial charge in [0.25, 0.3) is 0 Å². The fourth-order valence-corrected chi connectivity index (χ4v) is 4.00. The molecule has 1 heterocycles. The Kier molecular flexibility index (Phi) is 11.1. The molecule has 3 N–H and O–H groups in total. The highest BCUT2D eigenvalue weighted by atomic mass is 16.5. The first-order valence-corrected chi connectivity index (χ1v) is 12.4. The Balaban J connectivity index is 1.22. The van der Waals surface area contributed by atoms with Crippen LogP contribution < -0.4 is 15.4 Å². The summed E-state index contributed by atoms with van der Waals surface area (Å²) in [5.41, 5.74) is 2.66. The summed E-state index contributed by atoms with van der Waals surface area (Å²) >= 11 is 0. The average molecular weight is 455 g/mol. The highest BCUT2D eigenvalue weighted by Crippen LogP contribution is 2.13. The van der Waals surface area contributed by atoms with Crippen LogP contribution in [0.2, 0.25) is 0 Å². The summed E-state index contributed by atoms with van der Waals surface area (Å²) in [6.07, 6.45) is 0.669. The van der Waals surface area contributed by atoms with Crippen LogP contribution in [0.1, 0.15) is 31.4 Å². The first kappa shape index (κ1) is 25.7. The van der Waals surface area contributed by atoms with Crippen molar-refractivity contribution in [2.75, 3.05) is 52.4 Å². The zero-order chi connectivity index (χ0) is 23.3. The smallest absolute Gasteiger partial charge is 0.119 e.